The summed E-state index contributed by atoms with van der Waals surface area (Å²) in [5, 5.41) is 0. The van der Waals surface area contributed by atoms with E-state index in [1.54, 1.807) is 0 Å². The molecule has 0 saturated heterocycles. The number of carbonyl (C=O) groups is 2. The fourth-order valence-electron chi connectivity index (χ4n) is 2.69. The van der Waals surface area contributed by atoms with Crippen molar-refractivity contribution in [1.29, 1.82) is 0 Å². The summed E-state index contributed by atoms with van der Waals surface area (Å²) in [6, 6.07) is 11.4. The summed E-state index contributed by atoms with van der Waals surface area (Å²) < 4.78 is 13.7. The summed E-state index contributed by atoms with van der Waals surface area (Å²) in [7, 11) is 0. The van der Waals surface area contributed by atoms with Crippen LogP contribution in [0, 0.1) is 12.7 Å². The van der Waals surface area contributed by atoms with E-state index in [2.05, 4.69) is 0 Å². The number of hydrogen-bond acceptors (Lipinski definition) is 3. The van der Waals surface area contributed by atoms with E-state index in [4.69, 9.17) is 11.5 Å². The van der Waals surface area contributed by atoms with Gasteiger partial charge in [0, 0.05) is 24.6 Å². The number of nitrogen functional groups attached to an aromatic ring is 1. The molecule has 138 valence electrons. The topological polar surface area (TPSA) is 89.4 Å². The minimum Gasteiger partial charge on any atom is -0.397 e. The molecule has 0 aliphatic carbocycles. The summed E-state index contributed by atoms with van der Waals surface area (Å²) in [5.74, 6) is -0.976. The van der Waals surface area contributed by atoms with E-state index in [9.17, 15) is 14.0 Å². The first kappa shape index (κ1) is 19.4. The van der Waals surface area contributed by atoms with Crippen LogP contribution in [0.4, 0.5) is 21.5 Å². The maximum absolute atomic E-state index is 13.7. The number of unbranched alkanes of at least 4 members (excludes halogenated alkanes) is 2. The quantitative estimate of drug-likeness (QED) is 0.556. The number of hydrogen-bond donors (Lipinski definition) is 2. The third kappa shape index (κ3) is 5.31. The van der Waals surface area contributed by atoms with Crippen molar-refractivity contribution < 1.29 is 14.0 Å². The van der Waals surface area contributed by atoms with Crippen molar-refractivity contribution in [1.82, 2.24) is 0 Å². The highest BCUT2D eigenvalue weighted by atomic mass is 19.1. The highest BCUT2D eigenvalue weighted by Crippen LogP contribution is 2.32. The number of carbonyl (C=O) groups excluding carboxylic acids is 2. The van der Waals surface area contributed by atoms with E-state index in [-0.39, 0.29) is 18.2 Å². The molecule has 0 heterocycles. The lowest BCUT2D eigenvalue weighted by atomic mass is 10.1. The zero-order chi connectivity index (χ0) is 19.1. The average molecular weight is 357 g/mol. The molecule has 4 N–H and O–H groups in total. The molecule has 0 saturated carbocycles. The Bertz CT molecular complexity index is 775. The van der Waals surface area contributed by atoms with Gasteiger partial charge < -0.3 is 11.5 Å². The SMILES string of the molecule is Cc1ccc(N(C(=O)CCCCCC(N)=O)c2cc(F)ccc2N)cc1. The molecular formula is C20H24FN3O2. The summed E-state index contributed by atoms with van der Waals surface area (Å²) in [4.78, 5) is 25.1. The van der Waals surface area contributed by atoms with Crippen molar-refractivity contribution in [2.45, 2.75) is 39.0 Å². The van der Waals surface area contributed by atoms with Crippen molar-refractivity contribution in [3.8, 4) is 0 Å². The third-order valence-electron chi connectivity index (χ3n) is 4.09. The first-order valence-electron chi connectivity index (χ1n) is 8.61. The zero-order valence-electron chi connectivity index (χ0n) is 14.9. The maximum Gasteiger partial charge on any atom is 0.231 e. The second-order valence-corrected chi connectivity index (χ2v) is 6.29. The highest BCUT2D eigenvalue weighted by Gasteiger charge is 2.20. The van der Waals surface area contributed by atoms with Crippen LogP contribution in [0.2, 0.25) is 0 Å². The summed E-state index contributed by atoms with van der Waals surface area (Å²) >= 11 is 0. The predicted molar refractivity (Wildman–Crippen MR) is 101 cm³/mol. The Morgan fingerprint density at radius 1 is 1.00 bits per heavy atom. The summed E-state index contributed by atoms with van der Waals surface area (Å²) in [6.07, 6.45) is 2.56. The number of primary amides is 1. The molecule has 2 amide bonds. The number of nitrogens with zero attached hydrogens (tertiary/aromatic N) is 1. The van der Waals surface area contributed by atoms with Crippen LogP contribution in [0.1, 0.15) is 37.7 Å². The van der Waals surface area contributed by atoms with E-state index < -0.39 is 5.82 Å². The molecule has 2 rings (SSSR count). The van der Waals surface area contributed by atoms with Gasteiger partial charge in [-0.15, -0.1) is 0 Å². The smallest absolute Gasteiger partial charge is 0.231 e. The van der Waals surface area contributed by atoms with Gasteiger partial charge in [-0.05, 0) is 44.0 Å². The molecule has 0 spiro atoms. The fourth-order valence-corrected chi connectivity index (χ4v) is 2.69. The molecule has 0 bridgehead atoms. The van der Waals surface area contributed by atoms with Crippen LogP contribution in [0.3, 0.4) is 0 Å². The Balaban J connectivity index is 2.20. The van der Waals surface area contributed by atoms with E-state index in [0.717, 1.165) is 12.0 Å². The third-order valence-corrected chi connectivity index (χ3v) is 4.09. The number of amides is 2. The zero-order valence-corrected chi connectivity index (χ0v) is 14.9. The molecule has 2 aromatic carbocycles. The first-order chi connectivity index (χ1) is 12.4. The molecule has 0 unspecified atom stereocenters. The van der Waals surface area contributed by atoms with Crippen molar-refractivity contribution in [2.24, 2.45) is 5.73 Å². The van der Waals surface area contributed by atoms with Crippen LogP contribution in [0.15, 0.2) is 42.5 Å². The van der Waals surface area contributed by atoms with Gasteiger partial charge in [0.25, 0.3) is 0 Å². The second-order valence-electron chi connectivity index (χ2n) is 6.29. The molecule has 2 aromatic rings. The minimum absolute atomic E-state index is 0.176. The number of anilines is 3. The molecule has 6 heteroatoms. The summed E-state index contributed by atoms with van der Waals surface area (Å²) in [6.45, 7) is 1.95. The van der Waals surface area contributed by atoms with Crippen molar-refractivity contribution in [2.75, 3.05) is 10.6 Å². The summed E-state index contributed by atoms with van der Waals surface area (Å²) in [5.41, 5.74) is 13.5. The van der Waals surface area contributed by atoms with Gasteiger partial charge in [-0.3, -0.25) is 14.5 Å². The minimum atomic E-state index is -0.458. The Kier molecular flexibility index (Phi) is 6.72. The lowest BCUT2D eigenvalue weighted by Crippen LogP contribution is -2.26. The van der Waals surface area contributed by atoms with Crippen molar-refractivity contribution in [3.63, 3.8) is 0 Å². The molecule has 5 nitrogen and oxygen atoms in total. The van der Waals surface area contributed by atoms with Crippen molar-refractivity contribution >= 4 is 28.9 Å². The van der Waals surface area contributed by atoms with Gasteiger partial charge in [-0.1, -0.05) is 24.1 Å². The van der Waals surface area contributed by atoms with Crippen molar-refractivity contribution in [3.05, 3.63) is 53.8 Å². The van der Waals surface area contributed by atoms with Crippen LogP contribution in [0.25, 0.3) is 0 Å². The largest absolute Gasteiger partial charge is 0.397 e. The Hall–Kier alpha value is -2.89. The van der Waals surface area contributed by atoms with Crippen LogP contribution in [-0.4, -0.2) is 11.8 Å². The van der Waals surface area contributed by atoms with Gasteiger partial charge in [0.1, 0.15) is 5.82 Å². The standard InChI is InChI=1S/C20H24FN3O2/c1-14-7-10-16(11-8-14)24(18-13-15(21)9-12-17(18)22)20(26)6-4-2-3-5-19(23)25/h7-13H,2-6,22H2,1H3,(H2,23,25). The molecule has 0 atom stereocenters. The van der Waals surface area contributed by atoms with E-state index in [0.29, 0.717) is 36.3 Å². The van der Waals surface area contributed by atoms with Gasteiger partial charge in [0.05, 0.1) is 11.4 Å². The number of nitrogens with two attached hydrogens (primary N) is 2. The fraction of sp³-hybridized carbons (Fsp3) is 0.300. The normalized spacial score (nSPS) is 10.5. The van der Waals surface area contributed by atoms with E-state index in [1.807, 2.05) is 31.2 Å². The van der Waals surface area contributed by atoms with Gasteiger partial charge in [0.15, 0.2) is 0 Å². The Morgan fingerprint density at radius 3 is 2.31 bits per heavy atom. The molecular weight excluding hydrogens is 333 g/mol. The van der Waals surface area contributed by atoms with Gasteiger partial charge in [-0.25, -0.2) is 4.39 Å². The maximum atomic E-state index is 13.7. The number of aryl methyl sites for hydroxylation is 1. The monoisotopic (exact) mass is 357 g/mol. The molecule has 0 aliphatic rings. The second kappa shape index (κ2) is 8.99. The van der Waals surface area contributed by atoms with Crippen LogP contribution in [0.5, 0.6) is 0 Å². The van der Waals surface area contributed by atoms with E-state index >= 15 is 0 Å². The van der Waals surface area contributed by atoms with E-state index in [1.165, 1.54) is 23.1 Å². The number of rotatable bonds is 8. The lowest BCUT2D eigenvalue weighted by molar-refractivity contribution is -0.118. The van der Waals surface area contributed by atoms with Crippen LogP contribution in [-0.2, 0) is 9.59 Å². The average Bonchev–Trinajstić information content (AvgIpc) is 2.59. The predicted octanol–water partition coefficient (Wildman–Crippen LogP) is 3.82. The first-order valence-corrected chi connectivity index (χ1v) is 8.61. The van der Waals surface area contributed by atoms with Gasteiger partial charge in [0.2, 0.25) is 11.8 Å². The Morgan fingerprint density at radius 2 is 1.65 bits per heavy atom. The molecule has 0 aliphatic heterocycles. The number of benzene rings is 2. The molecule has 0 radical (unpaired) electrons. The molecule has 26 heavy (non-hydrogen) atoms. The molecule has 0 aromatic heterocycles. The van der Waals surface area contributed by atoms with Gasteiger partial charge in [-0.2, -0.15) is 0 Å². The lowest BCUT2D eigenvalue weighted by Gasteiger charge is -2.25. The molecule has 0 fully saturated rings. The van der Waals surface area contributed by atoms with Gasteiger partial charge >= 0.3 is 0 Å². The van der Waals surface area contributed by atoms with Crippen LogP contribution >= 0.6 is 0 Å². The van der Waals surface area contributed by atoms with Crippen LogP contribution < -0.4 is 16.4 Å². The Labute approximate surface area is 152 Å². The highest BCUT2D eigenvalue weighted by molar-refractivity contribution is 6.03. The number of halogens is 1.